The van der Waals surface area contributed by atoms with Crippen LogP contribution in [0.2, 0.25) is 0 Å². The lowest BCUT2D eigenvalue weighted by Gasteiger charge is -2.07. The molecule has 0 spiro atoms. The molecule has 0 bridgehead atoms. The van der Waals surface area contributed by atoms with Gasteiger partial charge in [0.2, 0.25) is 0 Å². The molecule has 0 aliphatic carbocycles. The Hall–Kier alpha value is -1.13. The molecule has 3 N–H and O–H groups in total. The highest BCUT2D eigenvalue weighted by atomic mass is 16.5. The standard InChI is InChI=1S/C8H12N2O2/c1-12-6-2-3-10-7(4-6)8(11)5-9/h2-4,8,11H,5,9H2,1H3/t8-/m1/s1. The molecule has 1 heterocycles. The first-order chi connectivity index (χ1) is 5.77. The van der Waals surface area contributed by atoms with Gasteiger partial charge in [-0.2, -0.15) is 0 Å². The molecule has 0 aromatic carbocycles. The van der Waals surface area contributed by atoms with E-state index >= 15 is 0 Å². The maximum absolute atomic E-state index is 9.31. The highest BCUT2D eigenvalue weighted by Crippen LogP contribution is 2.14. The van der Waals surface area contributed by atoms with Crippen molar-refractivity contribution < 1.29 is 9.84 Å². The van der Waals surface area contributed by atoms with Crippen LogP contribution >= 0.6 is 0 Å². The number of methoxy groups -OCH3 is 1. The van der Waals surface area contributed by atoms with E-state index in [-0.39, 0.29) is 6.54 Å². The van der Waals surface area contributed by atoms with E-state index in [0.29, 0.717) is 11.4 Å². The molecule has 12 heavy (non-hydrogen) atoms. The third-order valence-corrected chi connectivity index (χ3v) is 1.55. The van der Waals surface area contributed by atoms with E-state index in [2.05, 4.69) is 4.98 Å². The zero-order valence-corrected chi connectivity index (χ0v) is 6.90. The van der Waals surface area contributed by atoms with Gasteiger partial charge in [0, 0.05) is 18.8 Å². The SMILES string of the molecule is COc1ccnc([C@H](O)CN)c1. The summed E-state index contributed by atoms with van der Waals surface area (Å²) in [5.41, 5.74) is 5.80. The molecule has 4 heteroatoms. The largest absolute Gasteiger partial charge is 0.497 e. The van der Waals surface area contributed by atoms with Gasteiger partial charge in [-0.25, -0.2) is 0 Å². The maximum atomic E-state index is 9.31. The summed E-state index contributed by atoms with van der Waals surface area (Å²) in [6, 6.07) is 3.38. The van der Waals surface area contributed by atoms with Crippen molar-refractivity contribution in [1.82, 2.24) is 4.98 Å². The number of hydrogen-bond acceptors (Lipinski definition) is 4. The number of nitrogens with zero attached hydrogens (tertiary/aromatic N) is 1. The summed E-state index contributed by atoms with van der Waals surface area (Å²) < 4.78 is 4.96. The first-order valence-corrected chi connectivity index (χ1v) is 3.66. The van der Waals surface area contributed by atoms with E-state index in [4.69, 9.17) is 10.5 Å². The number of aromatic nitrogens is 1. The Morgan fingerprint density at radius 3 is 3.08 bits per heavy atom. The zero-order chi connectivity index (χ0) is 8.97. The van der Waals surface area contributed by atoms with Gasteiger partial charge in [0.25, 0.3) is 0 Å². The molecule has 1 atom stereocenters. The van der Waals surface area contributed by atoms with Crippen LogP contribution in [-0.2, 0) is 0 Å². The average Bonchev–Trinajstić information content (AvgIpc) is 2.17. The van der Waals surface area contributed by atoms with Crippen molar-refractivity contribution in [2.75, 3.05) is 13.7 Å². The average molecular weight is 168 g/mol. The van der Waals surface area contributed by atoms with Crippen molar-refractivity contribution in [2.24, 2.45) is 5.73 Å². The summed E-state index contributed by atoms with van der Waals surface area (Å²) in [5, 5.41) is 9.31. The van der Waals surface area contributed by atoms with Gasteiger partial charge in [-0.3, -0.25) is 4.98 Å². The summed E-state index contributed by atoms with van der Waals surface area (Å²) >= 11 is 0. The van der Waals surface area contributed by atoms with Crippen LogP contribution in [-0.4, -0.2) is 23.7 Å². The van der Waals surface area contributed by atoms with Crippen molar-refractivity contribution in [1.29, 1.82) is 0 Å². The minimum absolute atomic E-state index is 0.167. The summed E-state index contributed by atoms with van der Waals surface area (Å²) in [4.78, 5) is 3.95. The molecule has 1 aromatic heterocycles. The van der Waals surface area contributed by atoms with Crippen LogP contribution in [0.5, 0.6) is 5.75 Å². The van der Waals surface area contributed by atoms with Crippen LogP contribution < -0.4 is 10.5 Å². The molecule has 0 saturated carbocycles. The second kappa shape index (κ2) is 4.04. The Morgan fingerprint density at radius 1 is 1.75 bits per heavy atom. The van der Waals surface area contributed by atoms with Gasteiger partial charge >= 0.3 is 0 Å². The lowest BCUT2D eigenvalue weighted by molar-refractivity contribution is 0.181. The van der Waals surface area contributed by atoms with Gasteiger partial charge in [0.05, 0.1) is 12.8 Å². The first-order valence-electron chi connectivity index (χ1n) is 3.66. The molecular weight excluding hydrogens is 156 g/mol. The molecule has 0 aliphatic rings. The highest BCUT2D eigenvalue weighted by Gasteiger charge is 2.06. The van der Waals surface area contributed by atoms with Crippen LogP contribution in [0.3, 0.4) is 0 Å². The van der Waals surface area contributed by atoms with Crippen LogP contribution in [0, 0.1) is 0 Å². The Bertz CT molecular complexity index is 253. The number of aliphatic hydroxyl groups is 1. The molecule has 0 amide bonds. The first kappa shape index (κ1) is 8.96. The Kier molecular flexibility index (Phi) is 3.01. The van der Waals surface area contributed by atoms with Crippen LogP contribution in [0.4, 0.5) is 0 Å². The zero-order valence-electron chi connectivity index (χ0n) is 6.90. The summed E-state index contributed by atoms with van der Waals surface area (Å²) in [6.07, 6.45) is 0.868. The third kappa shape index (κ3) is 1.93. The molecule has 0 aliphatic heterocycles. The van der Waals surface area contributed by atoms with Crippen molar-refractivity contribution in [3.8, 4) is 5.75 Å². The third-order valence-electron chi connectivity index (χ3n) is 1.55. The minimum atomic E-state index is -0.708. The van der Waals surface area contributed by atoms with Gasteiger partial charge in [0.15, 0.2) is 0 Å². The number of ether oxygens (including phenoxy) is 1. The van der Waals surface area contributed by atoms with Crippen molar-refractivity contribution in [3.63, 3.8) is 0 Å². The fraction of sp³-hybridized carbons (Fsp3) is 0.375. The predicted octanol–water partition coefficient (Wildman–Crippen LogP) is 0.0823. The Morgan fingerprint density at radius 2 is 2.50 bits per heavy atom. The summed E-state index contributed by atoms with van der Waals surface area (Å²) in [6.45, 7) is 0.167. The van der Waals surface area contributed by atoms with Crippen molar-refractivity contribution >= 4 is 0 Å². The Balaban J connectivity index is 2.86. The van der Waals surface area contributed by atoms with Crippen LogP contribution in [0.15, 0.2) is 18.3 Å². The van der Waals surface area contributed by atoms with Gasteiger partial charge in [-0.05, 0) is 6.07 Å². The van der Waals surface area contributed by atoms with Crippen molar-refractivity contribution in [3.05, 3.63) is 24.0 Å². The predicted molar refractivity (Wildman–Crippen MR) is 44.8 cm³/mol. The lowest BCUT2D eigenvalue weighted by Crippen LogP contribution is -2.12. The fourth-order valence-electron chi connectivity index (χ4n) is 0.858. The molecule has 66 valence electrons. The molecule has 0 saturated heterocycles. The normalized spacial score (nSPS) is 12.6. The molecule has 0 unspecified atom stereocenters. The van der Waals surface area contributed by atoms with Gasteiger partial charge in [-0.15, -0.1) is 0 Å². The topological polar surface area (TPSA) is 68.4 Å². The van der Waals surface area contributed by atoms with Crippen LogP contribution in [0.1, 0.15) is 11.8 Å². The Labute approximate surface area is 71.0 Å². The van der Waals surface area contributed by atoms with Crippen LogP contribution in [0.25, 0.3) is 0 Å². The maximum Gasteiger partial charge on any atom is 0.122 e. The van der Waals surface area contributed by atoms with E-state index in [0.717, 1.165) is 0 Å². The molecular formula is C8H12N2O2. The van der Waals surface area contributed by atoms with E-state index < -0.39 is 6.10 Å². The second-order valence-electron chi connectivity index (χ2n) is 2.37. The monoisotopic (exact) mass is 168 g/mol. The van der Waals surface area contributed by atoms with Crippen molar-refractivity contribution in [2.45, 2.75) is 6.10 Å². The highest BCUT2D eigenvalue weighted by molar-refractivity contribution is 5.23. The van der Waals surface area contributed by atoms with Gasteiger partial charge < -0.3 is 15.6 Å². The molecule has 1 aromatic rings. The second-order valence-corrected chi connectivity index (χ2v) is 2.37. The van der Waals surface area contributed by atoms with E-state index in [1.54, 1.807) is 25.4 Å². The molecule has 4 nitrogen and oxygen atoms in total. The summed E-state index contributed by atoms with van der Waals surface area (Å²) in [5.74, 6) is 0.674. The molecule has 1 rings (SSSR count). The molecule has 0 fully saturated rings. The van der Waals surface area contributed by atoms with E-state index in [9.17, 15) is 5.11 Å². The number of aliphatic hydroxyl groups excluding tert-OH is 1. The quantitative estimate of drug-likeness (QED) is 0.670. The van der Waals surface area contributed by atoms with Gasteiger partial charge in [-0.1, -0.05) is 0 Å². The number of hydrogen-bond donors (Lipinski definition) is 2. The van der Waals surface area contributed by atoms with Gasteiger partial charge in [0.1, 0.15) is 11.9 Å². The smallest absolute Gasteiger partial charge is 0.122 e. The van der Waals surface area contributed by atoms with E-state index in [1.165, 1.54) is 0 Å². The summed E-state index contributed by atoms with van der Waals surface area (Å²) in [7, 11) is 1.56. The number of nitrogens with two attached hydrogens (primary N) is 1. The minimum Gasteiger partial charge on any atom is -0.497 e. The number of rotatable bonds is 3. The molecule has 0 radical (unpaired) electrons. The fourth-order valence-corrected chi connectivity index (χ4v) is 0.858. The van der Waals surface area contributed by atoms with E-state index in [1.807, 2.05) is 0 Å². The lowest BCUT2D eigenvalue weighted by atomic mass is 10.2. The number of pyridine rings is 1.